The number of benzene rings is 1. The fraction of sp³-hybridized carbons (Fsp3) is 0.100. The molecule has 0 radical (unpaired) electrons. The second-order valence-electron chi connectivity index (χ2n) is 2.96. The molecule has 16 heavy (non-hydrogen) atoms. The summed E-state index contributed by atoms with van der Waals surface area (Å²) in [7, 11) is 0. The van der Waals surface area contributed by atoms with Crippen molar-refractivity contribution in [1.82, 2.24) is 9.36 Å². The number of nitriles is 1. The average Bonchev–Trinajstić information content (AvgIpc) is 2.67. The average molecular weight is 296 g/mol. The van der Waals surface area contributed by atoms with Crippen LogP contribution in [0, 0.1) is 18.3 Å². The zero-order valence-corrected chi connectivity index (χ0v) is 10.7. The number of hydrogen-bond donors (Lipinski definition) is 0. The van der Waals surface area contributed by atoms with Crippen molar-refractivity contribution in [2.75, 3.05) is 0 Å². The third-order valence-electron chi connectivity index (χ3n) is 1.77. The van der Waals surface area contributed by atoms with Gasteiger partial charge in [-0.2, -0.15) is 14.6 Å². The number of aromatic nitrogens is 2. The molecular formula is C10H6BrN3OS. The molecule has 0 N–H and O–H groups in total. The summed E-state index contributed by atoms with van der Waals surface area (Å²) in [6.07, 6.45) is 0. The Morgan fingerprint density at radius 2 is 2.31 bits per heavy atom. The smallest absolute Gasteiger partial charge is 0.298 e. The maximum atomic E-state index is 8.94. The molecule has 0 saturated carbocycles. The predicted octanol–water partition coefficient (Wildman–Crippen LogP) is 3.27. The summed E-state index contributed by atoms with van der Waals surface area (Å²) in [5.74, 6) is 1.15. The quantitative estimate of drug-likeness (QED) is 0.853. The highest BCUT2D eigenvalue weighted by Gasteiger charge is 2.08. The summed E-state index contributed by atoms with van der Waals surface area (Å²) in [6, 6.07) is 7.29. The van der Waals surface area contributed by atoms with Gasteiger partial charge in [0, 0.05) is 16.0 Å². The monoisotopic (exact) mass is 295 g/mol. The topological polar surface area (TPSA) is 58.8 Å². The minimum atomic E-state index is 0.441. The molecule has 4 nitrogen and oxygen atoms in total. The number of rotatable bonds is 2. The van der Waals surface area contributed by atoms with Crippen LogP contribution in [0.1, 0.15) is 11.4 Å². The lowest BCUT2D eigenvalue weighted by atomic mass is 10.2. The summed E-state index contributed by atoms with van der Waals surface area (Å²) >= 11 is 4.46. The van der Waals surface area contributed by atoms with Gasteiger partial charge in [-0.3, -0.25) is 0 Å². The summed E-state index contributed by atoms with van der Waals surface area (Å²) in [4.78, 5) is 4.07. The van der Waals surface area contributed by atoms with Crippen LogP contribution in [-0.4, -0.2) is 9.36 Å². The Kier molecular flexibility index (Phi) is 3.17. The second kappa shape index (κ2) is 4.60. The first-order chi connectivity index (χ1) is 7.69. The molecule has 0 spiro atoms. The van der Waals surface area contributed by atoms with Crippen molar-refractivity contribution >= 4 is 27.5 Å². The van der Waals surface area contributed by atoms with E-state index in [9.17, 15) is 0 Å². The molecule has 0 saturated heterocycles. The minimum Gasteiger partial charge on any atom is -0.428 e. The molecule has 0 bridgehead atoms. The van der Waals surface area contributed by atoms with Crippen LogP contribution in [0.15, 0.2) is 22.7 Å². The molecule has 6 heteroatoms. The molecule has 1 heterocycles. The summed E-state index contributed by atoms with van der Waals surface area (Å²) < 4.78 is 10.3. The van der Waals surface area contributed by atoms with Gasteiger partial charge in [-0.05, 0) is 25.1 Å². The van der Waals surface area contributed by atoms with E-state index in [1.54, 1.807) is 19.1 Å². The Morgan fingerprint density at radius 1 is 1.50 bits per heavy atom. The Morgan fingerprint density at radius 3 is 2.94 bits per heavy atom. The number of aryl methyl sites for hydroxylation is 1. The SMILES string of the molecule is Cc1nsc(Oc2ccc(Br)cc2C#N)n1. The second-order valence-corrected chi connectivity index (χ2v) is 4.59. The van der Waals surface area contributed by atoms with Gasteiger partial charge in [0.15, 0.2) is 0 Å². The standard InChI is InChI=1S/C10H6BrN3OS/c1-6-13-10(16-14-6)15-9-3-2-8(11)4-7(9)5-12/h2-4H,1H3. The van der Waals surface area contributed by atoms with Crippen molar-refractivity contribution in [2.45, 2.75) is 6.92 Å². The molecule has 0 aliphatic carbocycles. The van der Waals surface area contributed by atoms with E-state index in [4.69, 9.17) is 10.00 Å². The van der Waals surface area contributed by atoms with Gasteiger partial charge < -0.3 is 4.74 Å². The first kappa shape index (κ1) is 11.0. The van der Waals surface area contributed by atoms with E-state index in [-0.39, 0.29) is 0 Å². The molecule has 2 rings (SSSR count). The highest BCUT2D eigenvalue weighted by molar-refractivity contribution is 9.10. The lowest BCUT2D eigenvalue weighted by Crippen LogP contribution is -1.87. The highest BCUT2D eigenvalue weighted by atomic mass is 79.9. The Bertz CT molecular complexity index is 561. The van der Waals surface area contributed by atoms with Crippen LogP contribution in [0.5, 0.6) is 10.9 Å². The van der Waals surface area contributed by atoms with E-state index in [1.165, 1.54) is 0 Å². The first-order valence-corrected chi connectivity index (χ1v) is 5.93. The van der Waals surface area contributed by atoms with E-state index in [1.807, 2.05) is 6.07 Å². The number of halogens is 1. The normalized spacial score (nSPS) is 9.81. The lowest BCUT2D eigenvalue weighted by Gasteiger charge is -2.03. The molecule has 80 valence electrons. The zero-order valence-electron chi connectivity index (χ0n) is 8.27. The van der Waals surface area contributed by atoms with Gasteiger partial charge in [-0.15, -0.1) is 0 Å². The van der Waals surface area contributed by atoms with E-state index in [2.05, 4.69) is 31.4 Å². The lowest BCUT2D eigenvalue weighted by molar-refractivity contribution is 0.476. The predicted molar refractivity (Wildman–Crippen MR) is 63.6 cm³/mol. The molecule has 2 aromatic rings. The van der Waals surface area contributed by atoms with E-state index in [0.717, 1.165) is 16.0 Å². The molecule has 0 unspecified atom stereocenters. The van der Waals surface area contributed by atoms with Crippen LogP contribution >= 0.6 is 27.5 Å². The van der Waals surface area contributed by atoms with Gasteiger partial charge in [0.25, 0.3) is 5.19 Å². The van der Waals surface area contributed by atoms with E-state index in [0.29, 0.717) is 22.3 Å². The van der Waals surface area contributed by atoms with Gasteiger partial charge in [-0.25, -0.2) is 0 Å². The van der Waals surface area contributed by atoms with E-state index >= 15 is 0 Å². The molecule has 0 amide bonds. The van der Waals surface area contributed by atoms with Gasteiger partial charge in [-0.1, -0.05) is 15.9 Å². The van der Waals surface area contributed by atoms with Crippen LogP contribution in [-0.2, 0) is 0 Å². The number of nitrogens with zero attached hydrogens (tertiary/aromatic N) is 3. The molecule has 1 aromatic heterocycles. The molecular weight excluding hydrogens is 290 g/mol. The van der Waals surface area contributed by atoms with Gasteiger partial charge in [0.05, 0.1) is 5.56 Å². The molecule has 0 aliphatic rings. The maximum Gasteiger partial charge on any atom is 0.298 e. The highest BCUT2D eigenvalue weighted by Crippen LogP contribution is 2.28. The fourth-order valence-electron chi connectivity index (χ4n) is 1.09. The maximum absolute atomic E-state index is 8.94. The van der Waals surface area contributed by atoms with Crippen LogP contribution in [0.3, 0.4) is 0 Å². The minimum absolute atomic E-state index is 0.441. The Labute approximate surface area is 105 Å². The molecule has 1 aromatic carbocycles. The van der Waals surface area contributed by atoms with Crippen molar-refractivity contribution in [1.29, 1.82) is 5.26 Å². The van der Waals surface area contributed by atoms with Crippen molar-refractivity contribution < 1.29 is 4.74 Å². The van der Waals surface area contributed by atoms with Gasteiger partial charge in [0.1, 0.15) is 17.6 Å². The summed E-state index contributed by atoms with van der Waals surface area (Å²) in [5.41, 5.74) is 0.460. The van der Waals surface area contributed by atoms with Crippen LogP contribution in [0.2, 0.25) is 0 Å². The Balaban J connectivity index is 2.31. The van der Waals surface area contributed by atoms with Gasteiger partial charge in [0.2, 0.25) is 0 Å². The van der Waals surface area contributed by atoms with Crippen LogP contribution < -0.4 is 4.74 Å². The van der Waals surface area contributed by atoms with Crippen molar-refractivity contribution in [3.8, 4) is 17.0 Å². The summed E-state index contributed by atoms with van der Waals surface area (Å²) in [6.45, 7) is 1.79. The van der Waals surface area contributed by atoms with E-state index < -0.39 is 0 Å². The first-order valence-electron chi connectivity index (χ1n) is 4.37. The third kappa shape index (κ3) is 2.38. The largest absolute Gasteiger partial charge is 0.428 e. The van der Waals surface area contributed by atoms with Crippen molar-refractivity contribution in [2.24, 2.45) is 0 Å². The molecule has 0 fully saturated rings. The van der Waals surface area contributed by atoms with Gasteiger partial charge >= 0.3 is 0 Å². The number of ether oxygens (including phenoxy) is 1. The van der Waals surface area contributed by atoms with Crippen LogP contribution in [0.4, 0.5) is 0 Å². The zero-order chi connectivity index (χ0) is 11.5. The molecule has 0 aliphatic heterocycles. The van der Waals surface area contributed by atoms with Crippen molar-refractivity contribution in [3.63, 3.8) is 0 Å². The third-order valence-corrected chi connectivity index (χ3v) is 2.95. The Hall–Kier alpha value is -1.45. The summed E-state index contributed by atoms with van der Waals surface area (Å²) in [5, 5.41) is 9.38. The number of hydrogen-bond acceptors (Lipinski definition) is 5. The van der Waals surface area contributed by atoms with Crippen molar-refractivity contribution in [3.05, 3.63) is 34.1 Å². The fourth-order valence-corrected chi connectivity index (χ4v) is 2.00. The van der Waals surface area contributed by atoms with Crippen LogP contribution in [0.25, 0.3) is 0 Å². The molecule has 0 atom stereocenters.